The highest BCUT2D eigenvalue weighted by Gasteiger charge is 2.08. The van der Waals surface area contributed by atoms with E-state index in [2.05, 4.69) is 6.07 Å². The van der Waals surface area contributed by atoms with E-state index in [1.54, 1.807) is 6.92 Å². The van der Waals surface area contributed by atoms with Gasteiger partial charge in [0.05, 0.1) is 23.8 Å². The molecule has 0 unspecified atom stereocenters. The molecule has 2 aromatic carbocycles. The second kappa shape index (κ2) is 6.92. The van der Waals surface area contributed by atoms with Gasteiger partial charge in [-0.25, -0.2) is 0 Å². The molecule has 2 rings (SSSR count). The second-order valence-electron chi connectivity index (χ2n) is 5.23. The monoisotopic (exact) mass is 281 g/mol. The topological polar surface area (TPSA) is 53.2 Å². The molecule has 21 heavy (non-hydrogen) atoms. The lowest BCUT2D eigenvalue weighted by atomic mass is 10.0. The molecule has 3 heteroatoms. The van der Waals surface area contributed by atoms with Crippen LogP contribution < -0.4 is 4.74 Å². The first-order valence-corrected chi connectivity index (χ1v) is 7.04. The fraction of sp³-hybridized carbons (Fsp3) is 0.278. The van der Waals surface area contributed by atoms with Crippen LogP contribution in [0.5, 0.6) is 5.75 Å². The molecule has 0 saturated carbocycles. The number of nitrogens with zero attached hydrogens (tertiary/aromatic N) is 1. The normalized spacial score (nSPS) is 13.2. The molecule has 0 saturated heterocycles. The molecule has 2 atom stereocenters. The molecular weight excluding hydrogens is 262 g/mol. The number of aliphatic hydroxyl groups excluding tert-OH is 1. The summed E-state index contributed by atoms with van der Waals surface area (Å²) in [6, 6.07) is 17.4. The molecule has 3 nitrogen and oxygen atoms in total. The Labute approximate surface area is 125 Å². The van der Waals surface area contributed by atoms with Gasteiger partial charge in [-0.3, -0.25) is 0 Å². The average molecular weight is 281 g/mol. The van der Waals surface area contributed by atoms with Crippen molar-refractivity contribution >= 4 is 0 Å². The predicted molar refractivity (Wildman–Crippen MR) is 83.0 cm³/mol. The van der Waals surface area contributed by atoms with Gasteiger partial charge < -0.3 is 9.84 Å². The molecule has 108 valence electrons. The van der Waals surface area contributed by atoms with Crippen molar-refractivity contribution in [2.45, 2.75) is 32.5 Å². The first kappa shape index (κ1) is 15.1. The van der Waals surface area contributed by atoms with Crippen LogP contribution >= 0.6 is 0 Å². The molecule has 0 spiro atoms. The van der Waals surface area contributed by atoms with Crippen LogP contribution in [0.3, 0.4) is 0 Å². The molecule has 0 aromatic heterocycles. The van der Waals surface area contributed by atoms with Gasteiger partial charge in [-0.2, -0.15) is 5.26 Å². The fourth-order valence-electron chi connectivity index (χ4n) is 2.22. The first-order valence-electron chi connectivity index (χ1n) is 7.04. The molecule has 0 fully saturated rings. The number of hydrogen-bond donors (Lipinski definition) is 1. The van der Waals surface area contributed by atoms with Crippen molar-refractivity contribution in [2.24, 2.45) is 0 Å². The van der Waals surface area contributed by atoms with Gasteiger partial charge in [-0.15, -0.1) is 0 Å². The molecule has 0 amide bonds. The predicted octanol–water partition coefficient (Wildman–Crippen LogP) is 3.76. The Bertz CT molecular complexity index is 609. The Hall–Kier alpha value is -2.31. The standard InChI is InChI=1S/C18H19NO2/c1-13(20)11-14(2)21-18-9-7-17(8-10-18)16-5-3-15(12-19)4-6-16/h3-10,13-14,20H,11H2,1-2H3/t13-,14+/m0/s1. The Morgan fingerprint density at radius 2 is 1.52 bits per heavy atom. The zero-order chi connectivity index (χ0) is 15.2. The molecule has 0 aliphatic rings. The van der Waals surface area contributed by atoms with E-state index in [-0.39, 0.29) is 12.2 Å². The van der Waals surface area contributed by atoms with Gasteiger partial charge in [-0.1, -0.05) is 24.3 Å². The highest BCUT2D eigenvalue weighted by atomic mass is 16.5. The van der Waals surface area contributed by atoms with E-state index in [1.165, 1.54) is 0 Å². The van der Waals surface area contributed by atoms with E-state index in [0.29, 0.717) is 12.0 Å². The lowest BCUT2D eigenvalue weighted by Crippen LogP contribution is -2.18. The zero-order valence-electron chi connectivity index (χ0n) is 12.3. The third-order valence-corrected chi connectivity index (χ3v) is 3.21. The second-order valence-corrected chi connectivity index (χ2v) is 5.23. The van der Waals surface area contributed by atoms with Gasteiger partial charge in [0.25, 0.3) is 0 Å². The summed E-state index contributed by atoms with van der Waals surface area (Å²) >= 11 is 0. The van der Waals surface area contributed by atoms with Gasteiger partial charge in [0.1, 0.15) is 5.75 Å². The molecule has 0 aliphatic heterocycles. The van der Waals surface area contributed by atoms with Crippen LogP contribution in [-0.2, 0) is 0 Å². The molecule has 0 heterocycles. The Morgan fingerprint density at radius 1 is 1.00 bits per heavy atom. The van der Waals surface area contributed by atoms with E-state index in [1.807, 2.05) is 55.5 Å². The van der Waals surface area contributed by atoms with E-state index in [9.17, 15) is 5.11 Å². The lowest BCUT2D eigenvalue weighted by molar-refractivity contribution is 0.115. The Kier molecular flexibility index (Phi) is 4.97. The Balaban J connectivity index is 2.06. The van der Waals surface area contributed by atoms with E-state index in [0.717, 1.165) is 16.9 Å². The summed E-state index contributed by atoms with van der Waals surface area (Å²) in [5.41, 5.74) is 2.80. The van der Waals surface area contributed by atoms with E-state index in [4.69, 9.17) is 10.00 Å². The summed E-state index contributed by atoms with van der Waals surface area (Å²) < 4.78 is 5.75. The van der Waals surface area contributed by atoms with Gasteiger partial charge in [0.2, 0.25) is 0 Å². The number of ether oxygens (including phenoxy) is 1. The minimum atomic E-state index is -0.363. The molecule has 0 radical (unpaired) electrons. The number of nitriles is 1. The van der Waals surface area contributed by atoms with Gasteiger partial charge in [0, 0.05) is 6.42 Å². The molecule has 1 N–H and O–H groups in total. The quantitative estimate of drug-likeness (QED) is 0.907. The van der Waals surface area contributed by atoms with Crippen LogP contribution in [0.15, 0.2) is 48.5 Å². The fourth-order valence-corrected chi connectivity index (χ4v) is 2.22. The third kappa shape index (κ3) is 4.34. The summed E-state index contributed by atoms with van der Waals surface area (Å²) in [4.78, 5) is 0. The average Bonchev–Trinajstić information content (AvgIpc) is 2.47. The number of hydrogen-bond acceptors (Lipinski definition) is 3. The van der Waals surface area contributed by atoms with Crippen LogP contribution in [0.2, 0.25) is 0 Å². The largest absolute Gasteiger partial charge is 0.491 e. The van der Waals surface area contributed by atoms with Crippen molar-refractivity contribution in [1.29, 1.82) is 5.26 Å². The molecule has 2 aromatic rings. The molecule has 0 bridgehead atoms. The summed E-state index contributed by atoms with van der Waals surface area (Å²) in [6.45, 7) is 3.70. The minimum absolute atomic E-state index is 0.0224. The van der Waals surface area contributed by atoms with Crippen LogP contribution in [0, 0.1) is 11.3 Å². The number of rotatable bonds is 5. The van der Waals surface area contributed by atoms with Crippen LogP contribution in [0.25, 0.3) is 11.1 Å². The van der Waals surface area contributed by atoms with E-state index < -0.39 is 0 Å². The van der Waals surface area contributed by atoms with Crippen LogP contribution in [-0.4, -0.2) is 17.3 Å². The minimum Gasteiger partial charge on any atom is -0.491 e. The van der Waals surface area contributed by atoms with Crippen molar-refractivity contribution in [3.63, 3.8) is 0 Å². The Morgan fingerprint density at radius 3 is 2.00 bits per heavy atom. The maximum absolute atomic E-state index is 9.33. The SMILES string of the molecule is C[C@H](O)C[C@@H](C)Oc1ccc(-c2ccc(C#N)cc2)cc1. The smallest absolute Gasteiger partial charge is 0.119 e. The van der Waals surface area contributed by atoms with Gasteiger partial charge in [0.15, 0.2) is 0 Å². The summed E-state index contributed by atoms with van der Waals surface area (Å²) in [5.74, 6) is 0.792. The zero-order valence-corrected chi connectivity index (χ0v) is 12.3. The molecule has 0 aliphatic carbocycles. The van der Waals surface area contributed by atoms with Crippen molar-refractivity contribution in [2.75, 3.05) is 0 Å². The maximum atomic E-state index is 9.33. The van der Waals surface area contributed by atoms with Gasteiger partial charge in [-0.05, 0) is 49.2 Å². The summed E-state index contributed by atoms with van der Waals surface area (Å²) in [7, 11) is 0. The number of benzene rings is 2. The highest BCUT2D eigenvalue weighted by molar-refractivity contribution is 5.64. The summed E-state index contributed by atoms with van der Waals surface area (Å²) in [6.07, 6.45) is 0.223. The maximum Gasteiger partial charge on any atom is 0.119 e. The van der Waals surface area contributed by atoms with Crippen molar-refractivity contribution in [1.82, 2.24) is 0 Å². The van der Waals surface area contributed by atoms with Crippen LogP contribution in [0.4, 0.5) is 0 Å². The summed E-state index contributed by atoms with van der Waals surface area (Å²) in [5, 5.41) is 18.1. The third-order valence-electron chi connectivity index (χ3n) is 3.21. The van der Waals surface area contributed by atoms with Gasteiger partial charge >= 0.3 is 0 Å². The van der Waals surface area contributed by atoms with Crippen LogP contribution in [0.1, 0.15) is 25.8 Å². The first-order chi connectivity index (χ1) is 10.1. The van der Waals surface area contributed by atoms with Crippen molar-refractivity contribution in [3.8, 4) is 22.9 Å². The van der Waals surface area contributed by atoms with Crippen molar-refractivity contribution < 1.29 is 9.84 Å². The number of aliphatic hydroxyl groups is 1. The molecular formula is C18H19NO2. The highest BCUT2D eigenvalue weighted by Crippen LogP contribution is 2.23. The van der Waals surface area contributed by atoms with E-state index >= 15 is 0 Å². The lowest BCUT2D eigenvalue weighted by Gasteiger charge is -2.16. The van der Waals surface area contributed by atoms with Crippen molar-refractivity contribution in [3.05, 3.63) is 54.1 Å².